The number of β-amino-alcohol motifs (C(OH)–C–C–N with tert-alkyl or cyclic N) is 1. The van der Waals surface area contributed by atoms with Gasteiger partial charge in [-0.1, -0.05) is 24.3 Å². The van der Waals surface area contributed by atoms with Crippen molar-refractivity contribution < 1.29 is 14.6 Å². The number of ether oxygens (including phenoxy) is 2. The first kappa shape index (κ1) is 15.9. The van der Waals surface area contributed by atoms with Gasteiger partial charge in [0.15, 0.2) is 0 Å². The Morgan fingerprint density at radius 2 is 2.00 bits per heavy atom. The van der Waals surface area contributed by atoms with Crippen molar-refractivity contribution in [2.24, 2.45) is 0 Å². The molecule has 1 aromatic carbocycles. The van der Waals surface area contributed by atoms with Gasteiger partial charge in [0.05, 0.1) is 13.2 Å². The summed E-state index contributed by atoms with van der Waals surface area (Å²) in [4.78, 5) is 6.35. The Kier molecular flexibility index (Phi) is 5.58. The van der Waals surface area contributed by atoms with Crippen molar-refractivity contribution in [3.05, 3.63) is 48.8 Å². The zero-order chi connectivity index (χ0) is 15.9. The van der Waals surface area contributed by atoms with E-state index in [1.807, 2.05) is 42.6 Å². The Morgan fingerprint density at radius 1 is 1.17 bits per heavy atom. The highest BCUT2D eigenvalue weighted by Gasteiger charge is 2.16. The number of aromatic nitrogens is 1. The molecule has 1 aliphatic heterocycles. The van der Waals surface area contributed by atoms with Crippen LogP contribution in [0.5, 0.6) is 5.75 Å². The Bertz CT molecular complexity index is 600. The van der Waals surface area contributed by atoms with E-state index < -0.39 is 6.10 Å². The molecule has 23 heavy (non-hydrogen) atoms. The van der Waals surface area contributed by atoms with E-state index in [-0.39, 0.29) is 6.61 Å². The van der Waals surface area contributed by atoms with Gasteiger partial charge in [0, 0.05) is 43.2 Å². The fraction of sp³-hybridized carbons (Fsp3) is 0.389. The topological polar surface area (TPSA) is 54.8 Å². The second kappa shape index (κ2) is 8.06. The highest BCUT2D eigenvalue weighted by atomic mass is 16.5. The van der Waals surface area contributed by atoms with Crippen molar-refractivity contribution in [3.63, 3.8) is 0 Å². The molecule has 1 aliphatic rings. The second-order valence-electron chi connectivity index (χ2n) is 5.62. The van der Waals surface area contributed by atoms with Crippen LogP contribution in [0.4, 0.5) is 0 Å². The van der Waals surface area contributed by atoms with E-state index in [1.165, 1.54) is 0 Å². The van der Waals surface area contributed by atoms with E-state index in [2.05, 4.69) is 9.88 Å². The molecule has 2 aromatic rings. The van der Waals surface area contributed by atoms with Crippen molar-refractivity contribution in [2.75, 3.05) is 39.5 Å². The average molecular weight is 314 g/mol. The minimum absolute atomic E-state index is 0.272. The SMILES string of the molecule is OC(COc1ccccc1-c1cccnc1)CN1CCOCC1. The zero-order valence-electron chi connectivity index (χ0n) is 13.1. The van der Waals surface area contributed by atoms with E-state index >= 15 is 0 Å². The fourth-order valence-corrected chi connectivity index (χ4v) is 2.67. The van der Waals surface area contributed by atoms with E-state index in [0.717, 1.165) is 43.2 Å². The first-order chi connectivity index (χ1) is 11.3. The molecule has 0 saturated carbocycles. The monoisotopic (exact) mass is 314 g/mol. The first-order valence-corrected chi connectivity index (χ1v) is 7.93. The van der Waals surface area contributed by atoms with Crippen LogP contribution in [0.25, 0.3) is 11.1 Å². The molecular formula is C18H22N2O3. The maximum Gasteiger partial charge on any atom is 0.127 e. The van der Waals surface area contributed by atoms with Gasteiger partial charge in [0.25, 0.3) is 0 Å². The van der Waals surface area contributed by atoms with Crippen LogP contribution in [0, 0.1) is 0 Å². The molecule has 1 N–H and O–H groups in total. The van der Waals surface area contributed by atoms with E-state index in [1.54, 1.807) is 6.20 Å². The molecule has 5 nitrogen and oxygen atoms in total. The van der Waals surface area contributed by atoms with Crippen LogP contribution >= 0.6 is 0 Å². The van der Waals surface area contributed by atoms with Gasteiger partial charge < -0.3 is 14.6 Å². The Morgan fingerprint density at radius 3 is 2.78 bits per heavy atom. The third-order valence-electron chi connectivity index (χ3n) is 3.86. The smallest absolute Gasteiger partial charge is 0.127 e. The minimum atomic E-state index is -0.518. The Hall–Kier alpha value is -1.95. The summed E-state index contributed by atoms with van der Waals surface area (Å²) < 4.78 is 11.2. The highest BCUT2D eigenvalue weighted by molar-refractivity contribution is 5.69. The molecule has 1 saturated heterocycles. The highest BCUT2D eigenvalue weighted by Crippen LogP contribution is 2.29. The predicted molar refractivity (Wildman–Crippen MR) is 88.4 cm³/mol. The first-order valence-electron chi connectivity index (χ1n) is 7.93. The van der Waals surface area contributed by atoms with Gasteiger partial charge in [0.2, 0.25) is 0 Å². The molecule has 3 rings (SSSR count). The maximum atomic E-state index is 10.2. The van der Waals surface area contributed by atoms with Crippen LogP contribution in [-0.4, -0.2) is 60.5 Å². The van der Waals surface area contributed by atoms with Crippen LogP contribution in [-0.2, 0) is 4.74 Å². The summed E-state index contributed by atoms with van der Waals surface area (Å²) in [5.74, 6) is 0.765. The Balaban J connectivity index is 1.60. The molecule has 0 amide bonds. The molecule has 0 radical (unpaired) electrons. The van der Waals surface area contributed by atoms with Gasteiger partial charge in [-0.2, -0.15) is 0 Å². The number of hydrogen-bond acceptors (Lipinski definition) is 5. The summed E-state index contributed by atoms with van der Waals surface area (Å²) >= 11 is 0. The van der Waals surface area contributed by atoms with Gasteiger partial charge in [-0.05, 0) is 12.1 Å². The molecule has 1 fully saturated rings. The number of nitrogens with zero attached hydrogens (tertiary/aromatic N) is 2. The number of morpholine rings is 1. The number of aliphatic hydroxyl groups is 1. The number of rotatable bonds is 6. The van der Waals surface area contributed by atoms with Gasteiger partial charge in [-0.15, -0.1) is 0 Å². The van der Waals surface area contributed by atoms with Crippen molar-refractivity contribution in [2.45, 2.75) is 6.10 Å². The fourth-order valence-electron chi connectivity index (χ4n) is 2.67. The van der Waals surface area contributed by atoms with Crippen LogP contribution in [0.2, 0.25) is 0 Å². The molecule has 122 valence electrons. The summed E-state index contributed by atoms with van der Waals surface area (Å²) in [5, 5.41) is 10.2. The third kappa shape index (κ3) is 4.51. The number of pyridine rings is 1. The number of aliphatic hydroxyl groups excluding tert-OH is 1. The second-order valence-corrected chi connectivity index (χ2v) is 5.62. The lowest BCUT2D eigenvalue weighted by atomic mass is 10.1. The van der Waals surface area contributed by atoms with Gasteiger partial charge in [-0.3, -0.25) is 9.88 Å². The lowest BCUT2D eigenvalue weighted by Gasteiger charge is -2.28. The van der Waals surface area contributed by atoms with Gasteiger partial charge >= 0.3 is 0 Å². The normalized spacial score (nSPS) is 16.9. The summed E-state index contributed by atoms with van der Waals surface area (Å²) in [6, 6.07) is 11.7. The van der Waals surface area contributed by atoms with Gasteiger partial charge in [0.1, 0.15) is 18.5 Å². The molecule has 5 heteroatoms. The van der Waals surface area contributed by atoms with Crippen LogP contribution in [0.15, 0.2) is 48.8 Å². The molecule has 1 atom stereocenters. The third-order valence-corrected chi connectivity index (χ3v) is 3.86. The molecule has 2 heterocycles. The van der Waals surface area contributed by atoms with Crippen LogP contribution < -0.4 is 4.74 Å². The Labute approximate surface area is 136 Å². The summed E-state index contributed by atoms with van der Waals surface area (Å²) in [5.41, 5.74) is 1.99. The molecule has 0 bridgehead atoms. The van der Waals surface area contributed by atoms with E-state index in [0.29, 0.717) is 6.54 Å². The maximum absolute atomic E-state index is 10.2. The summed E-state index contributed by atoms with van der Waals surface area (Å²) in [6.07, 6.45) is 3.04. The molecular weight excluding hydrogens is 292 g/mol. The van der Waals surface area contributed by atoms with Crippen LogP contribution in [0.1, 0.15) is 0 Å². The van der Waals surface area contributed by atoms with Crippen molar-refractivity contribution in [1.82, 2.24) is 9.88 Å². The van der Waals surface area contributed by atoms with E-state index in [4.69, 9.17) is 9.47 Å². The predicted octanol–water partition coefficient (Wildman–Crippen LogP) is 1.82. The lowest BCUT2D eigenvalue weighted by Crippen LogP contribution is -2.42. The average Bonchev–Trinajstić information content (AvgIpc) is 2.62. The number of hydrogen-bond donors (Lipinski definition) is 1. The number of benzene rings is 1. The van der Waals surface area contributed by atoms with Crippen molar-refractivity contribution in [1.29, 1.82) is 0 Å². The van der Waals surface area contributed by atoms with E-state index in [9.17, 15) is 5.11 Å². The number of para-hydroxylation sites is 1. The summed E-state index contributed by atoms with van der Waals surface area (Å²) in [7, 11) is 0. The zero-order valence-corrected chi connectivity index (χ0v) is 13.1. The quantitative estimate of drug-likeness (QED) is 0.881. The largest absolute Gasteiger partial charge is 0.490 e. The molecule has 1 aromatic heterocycles. The van der Waals surface area contributed by atoms with Crippen molar-refractivity contribution >= 4 is 0 Å². The summed E-state index contributed by atoms with van der Waals surface area (Å²) in [6.45, 7) is 4.08. The molecule has 0 spiro atoms. The minimum Gasteiger partial charge on any atom is -0.490 e. The van der Waals surface area contributed by atoms with Crippen molar-refractivity contribution in [3.8, 4) is 16.9 Å². The van der Waals surface area contributed by atoms with Gasteiger partial charge in [-0.25, -0.2) is 0 Å². The standard InChI is InChI=1S/C18H22N2O3/c21-16(13-20-8-10-22-11-9-20)14-23-18-6-2-1-5-17(18)15-4-3-7-19-12-15/h1-7,12,16,21H,8-11,13-14H2. The molecule has 1 unspecified atom stereocenters. The lowest BCUT2D eigenvalue weighted by molar-refractivity contribution is 0.00471. The van der Waals surface area contributed by atoms with Crippen LogP contribution in [0.3, 0.4) is 0 Å². The molecule has 0 aliphatic carbocycles.